The number of nitrogens with zero attached hydrogens (tertiary/aromatic N) is 3. The molecule has 10 heteroatoms. The van der Waals surface area contributed by atoms with Crippen molar-refractivity contribution in [3.63, 3.8) is 0 Å². The number of aldehydes is 3. The monoisotopic (exact) mass is 563 g/mol. The second-order valence-corrected chi connectivity index (χ2v) is 11.1. The summed E-state index contributed by atoms with van der Waals surface area (Å²) in [7, 11) is 1.83. The molecule has 1 aliphatic heterocycles. The van der Waals surface area contributed by atoms with Gasteiger partial charge in [-0.05, 0) is 61.9 Å². The van der Waals surface area contributed by atoms with Crippen molar-refractivity contribution in [2.24, 2.45) is 0 Å². The highest BCUT2D eigenvalue weighted by Gasteiger charge is 2.33. The highest BCUT2D eigenvalue weighted by Crippen LogP contribution is 2.32. The number of thioether (sulfide) groups is 1. The number of hydrogen-bond acceptors (Lipinski definition) is 7. The number of carbonyl (C=O) groups excluding carboxylic acids is 3. The molecule has 2 heterocycles. The molecule has 0 bridgehead atoms. The van der Waals surface area contributed by atoms with Gasteiger partial charge in [0.2, 0.25) is 0 Å². The maximum Gasteiger partial charge on any atom is 0.417 e. The Balaban J connectivity index is 1.37. The number of aromatic nitrogens is 1. The van der Waals surface area contributed by atoms with Crippen LogP contribution in [0.5, 0.6) is 0 Å². The minimum absolute atomic E-state index is 0.316. The summed E-state index contributed by atoms with van der Waals surface area (Å²) in [5.74, 6) is 0.913. The summed E-state index contributed by atoms with van der Waals surface area (Å²) in [4.78, 5) is 43.0. The Bertz CT molecular complexity index is 1110. The fourth-order valence-electron chi connectivity index (χ4n) is 4.78. The molecule has 0 N–H and O–H groups in total. The molecule has 2 aromatic rings. The molecule has 1 atom stereocenters. The summed E-state index contributed by atoms with van der Waals surface area (Å²) in [5, 5.41) is 0. The number of unbranched alkanes of at least 4 members (excludes halogenated alkanes) is 4. The summed E-state index contributed by atoms with van der Waals surface area (Å²) < 4.78 is 38.8. The van der Waals surface area contributed by atoms with E-state index in [1.54, 1.807) is 17.8 Å². The van der Waals surface area contributed by atoms with Crippen LogP contribution in [0.3, 0.4) is 0 Å². The van der Waals surface area contributed by atoms with Gasteiger partial charge in [0.25, 0.3) is 0 Å². The van der Waals surface area contributed by atoms with Crippen LogP contribution in [0.2, 0.25) is 0 Å². The molecule has 0 saturated carbocycles. The van der Waals surface area contributed by atoms with Gasteiger partial charge >= 0.3 is 6.18 Å². The van der Waals surface area contributed by atoms with Gasteiger partial charge in [0.15, 0.2) is 0 Å². The average Bonchev–Trinajstić information content (AvgIpc) is 3.33. The second-order valence-electron chi connectivity index (χ2n) is 9.96. The molecule has 0 radical (unpaired) electrons. The van der Waals surface area contributed by atoms with Gasteiger partial charge < -0.3 is 9.59 Å². The minimum Gasteiger partial charge on any atom is -0.303 e. The van der Waals surface area contributed by atoms with Gasteiger partial charge in [-0.3, -0.25) is 19.6 Å². The molecule has 39 heavy (non-hydrogen) atoms. The molecule has 1 aliphatic rings. The number of carbonyl (C=O) groups is 3. The van der Waals surface area contributed by atoms with E-state index in [2.05, 4.69) is 9.88 Å². The summed E-state index contributed by atoms with van der Waals surface area (Å²) in [6, 6.07) is 6.50. The molecule has 0 fully saturated rings. The van der Waals surface area contributed by atoms with Gasteiger partial charge in [0.05, 0.1) is 17.3 Å². The largest absolute Gasteiger partial charge is 0.417 e. The Morgan fingerprint density at radius 2 is 1.87 bits per heavy atom. The molecule has 6 nitrogen and oxygen atoms in total. The van der Waals surface area contributed by atoms with Crippen molar-refractivity contribution in [2.45, 2.75) is 81.7 Å². The smallest absolute Gasteiger partial charge is 0.303 e. The van der Waals surface area contributed by atoms with Crippen LogP contribution in [0, 0.1) is 0 Å². The lowest BCUT2D eigenvalue weighted by molar-refractivity contribution is -0.137. The lowest BCUT2D eigenvalue weighted by atomic mass is 10.1. The third kappa shape index (κ3) is 9.25. The first-order valence-corrected chi connectivity index (χ1v) is 14.3. The number of benzene rings is 1. The molecular weight excluding hydrogens is 527 g/mol. The lowest BCUT2D eigenvalue weighted by Gasteiger charge is -2.25. The van der Waals surface area contributed by atoms with Crippen LogP contribution in [-0.2, 0) is 35.4 Å². The van der Waals surface area contributed by atoms with Crippen LogP contribution >= 0.6 is 11.8 Å². The summed E-state index contributed by atoms with van der Waals surface area (Å²) >= 11 is 1.71. The van der Waals surface area contributed by atoms with Crippen molar-refractivity contribution in [3.05, 3.63) is 58.4 Å². The Morgan fingerprint density at radius 3 is 2.59 bits per heavy atom. The Labute approximate surface area is 232 Å². The Kier molecular flexibility index (Phi) is 12.1. The number of hydrogen-bond donors (Lipinski definition) is 0. The van der Waals surface area contributed by atoms with E-state index in [1.165, 1.54) is 6.07 Å². The Hall–Kier alpha value is -2.56. The number of likely N-dealkylation sites (N-methyl/N-ethyl adjacent to an activating group) is 1. The number of fused-ring (bicyclic) bond motifs is 1. The number of alkyl halides is 3. The van der Waals surface area contributed by atoms with Gasteiger partial charge in [-0.15, -0.1) is 11.8 Å². The van der Waals surface area contributed by atoms with Crippen molar-refractivity contribution in [1.82, 2.24) is 14.8 Å². The first kappa shape index (κ1) is 31.0. The normalized spacial score (nSPS) is 14.4. The SMILES string of the molecule is CN(Cc1c(C=O)cccc1SCCCCCCCN1Cc2cc(C(F)(F)F)cnc2C1)C(C=O)CCC=O. The van der Waals surface area contributed by atoms with E-state index in [9.17, 15) is 27.6 Å². The highest BCUT2D eigenvalue weighted by atomic mass is 32.2. The molecule has 212 valence electrons. The van der Waals surface area contributed by atoms with E-state index in [1.807, 2.05) is 24.1 Å². The number of halogens is 3. The fourth-order valence-corrected chi connectivity index (χ4v) is 5.88. The zero-order valence-electron chi connectivity index (χ0n) is 22.3. The van der Waals surface area contributed by atoms with Crippen molar-refractivity contribution in [3.8, 4) is 0 Å². The highest BCUT2D eigenvalue weighted by molar-refractivity contribution is 7.99. The lowest BCUT2D eigenvalue weighted by Crippen LogP contribution is -2.33. The first-order chi connectivity index (χ1) is 18.8. The maximum absolute atomic E-state index is 12.9. The second kappa shape index (κ2) is 15.3. The predicted octanol–water partition coefficient (Wildman–Crippen LogP) is 5.95. The molecule has 1 aromatic heterocycles. The van der Waals surface area contributed by atoms with Crippen LogP contribution < -0.4 is 0 Å². The Morgan fingerprint density at radius 1 is 1.10 bits per heavy atom. The molecule has 1 aromatic carbocycles. The molecule has 3 rings (SSSR count). The minimum atomic E-state index is -4.36. The summed E-state index contributed by atoms with van der Waals surface area (Å²) in [6.07, 6.45) is 5.08. The third-order valence-electron chi connectivity index (χ3n) is 7.04. The van der Waals surface area contributed by atoms with Crippen LogP contribution in [-0.4, -0.2) is 59.0 Å². The predicted molar refractivity (Wildman–Crippen MR) is 146 cm³/mol. The van der Waals surface area contributed by atoms with Gasteiger partial charge in [0.1, 0.15) is 18.9 Å². The molecule has 1 unspecified atom stereocenters. The molecule has 0 aliphatic carbocycles. The molecular formula is C29H36F3N3O3S. The summed E-state index contributed by atoms with van der Waals surface area (Å²) in [6.45, 7) is 2.42. The van der Waals surface area contributed by atoms with E-state index in [0.717, 1.165) is 85.6 Å². The van der Waals surface area contributed by atoms with Crippen molar-refractivity contribution >= 4 is 30.6 Å². The van der Waals surface area contributed by atoms with Gasteiger partial charge in [-0.1, -0.05) is 31.4 Å². The van der Waals surface area contributed by atoms with Crippen LogP contribution in [0.25, 0.3) is 0 Å². The van der Waals surface area contributed by atoms with Crippen LogP contribution in [0.15, 0.2) is 35.4 Å². The van der Waals surface area contributed by atoms with E-state index < -0.39 is 11.7 Å². The van der Waals surface area contributed by atoms with Crippen LogP contribution in [0.1, 0.15) is 77.7 Å². The van der Waals surface area contributed by atoms with Gasteiger partial charge in [-0.2, -0.15) is 13.2 Å². The summed E-state index contributed by atoms with van der Waals surface area (Å²) in [5.41, 5.74) is 2.25. The fraction of sp³-hybridized carbons (Fsp3) is 0.517. The molecule has 0 amide bonds. The van der Waals surface area contributed by atoms with E-state index in [0.29, 0.717) is 43.6 Å². The average molecular weight is 564 g/mol. The topological polar surface area (TPSA) is 70.6 Å². The zero-order valence-corrected chi connectivity index (χ0v) is 23.1. The van der Waals surface area contributed by atoms with Crippen molar-refractivity contribution in [1.29, 1.82) is 0 Å². The van der Waals surface area contributed by atoms with Gasteiger partial charge in [-0.25, -0.2) is 0 Å². The maximum atomic E-state index is 12.9. The quantitative estimate of drug-likeness (QED) is 0.134. The number of rotatable bonds is 17. The van der Waals surface area contributed by atoms with E-state index in [-0.39, 0.29) is 6.04 Å². The standard InChI is InChI=1S/C29H36F3N3O3S/c1-34(25(21-38)10-8-13-36)18-26-22(20-37)9-7-11-28(26)39-14-6-4-2-3-5-12-35-17-23-15-24(29(30,31)32)16-33-27(23)19-35/h7,9,11,13,15-16,20-21,25H,2-6,8,10,12,14,17-19H2,1H3. The number of pyridine rings is 1. The van der Waals surface area contributed by atoms with E-state index >= 15 is 0 Å². The van der Waals surface area contributed by atoms with Crippen molar-refractivity contribution < 1.29 is 27.6 Å². The van der Waals surface area contributed by atoms with E-state index in [4.69, 9.17) is 0 Å². The zero-order chi connectivity index (χ0) is 28.3. The van der Waals surface area contributed by atoms with Crippen molar-refractivity contribution in [2.75, 3.05) is 19.3 Å². The third-order valence-corrected chi connectivity index (χ3v) is 8.22. The van der Waals surface area contributed by atoms with Gasteiger partial charge in [0, 0.05) is 42.7 Å². The molecule has 0 saturated heterocycles. The van der Waals surface area contributed by atoms with Crippen LogP contribution in [0.4, 0.5) is 13.2 Å². The first-order valence-electron chi connectivity index (χ1n) is 13.3. The molecule has 0 spiro atoms.